The molecule has 4 aliphatic rings. The highest BCUT2D eigenvalue weighted by atomic mass is 16.5. The fraction of sp³-hybridized carbons (Fsp3) is 0.810. The van der Waals surface area contributed by atoms with Crippen molar-refractivity contribution in [2.45, 2.75) is 78.2 Å². The van der Waals surface area contributed by atoms with E-state index in [2.05, 4.69) is 13.8 Å². The van der Waals surface area contributed by atoms with Gasteiger partial charge in [-0.2, -0.15) is 0 Å². The molecule has 0 aromatic heterocycles. The summed E-state index contributed by atoms with van der Waals surface area (Å²) in [7, 11) is 0. The maximum Gasteiger partial charge on any atom is 0.302 e. The minimum Gasteiger partial charge on any atom is -0.462 e. The molecule has 0 radical (unpaired) electrons. The van der Waals surface area contributed by atoms with E-state index in [0.29, 0.717) is 17.6 Å². The minimum atomic E-state index is -0.129. The van der Waals surface area contributed by atoms with Gasteiger partial charge < -0.3 is 4.74 Å². The topological polar surface area (TPSA) is 43.4 Å². The van der Waals surface area contributed by atoms with Crippen LogP contribution in [0.5, 0.6) is 0 Å². The molecule has 0 amide bonds. The maximum absolute atomic E-state index is 11.9. The van der Waals surface area contributed by atoms with Crippen molar-refractivity contribution >= 4 is 11.8 Å². The largest absolute Gasteiger partial charge is 0.462 e. The van der Waals surface area contributed by atoms with Crippen LogP contribution in [0.2, 0.25) is 0 Å². The average Bonchev–Trinajstić information content (AvgIpc) is 2.84. The van der Waals surface area contributed by atoms with Crippen LogP contribution in [0.15, 0.2) is 11.6 Å². The lowest BCUT2D eigenvalue weighted by Gasteiger charge is -2.57. The number of fused-ring (bicyclic) bond motifs is 5. The van der Waals surface area contributed by atoms with Crippen LogP contribution in [0.3, 0.4) is 0 Å². The molecule has 0 aromatic carbocycles. The fourth-order valence-corrected chi connectivity index (χ4v) is 6.91. The van der Waals surface area contributed by atoms with E-state index in [0.717, 1.165) is 38.0 Å². The molecule has 0 N–H and O–H groups in total. The van der Waals surface area contributed by atoms with Gasteiger partial charge in [-0.1, -0.05) is 19.4 Å². The van der Waals surface area contributed by atoms with E-state index in [4.69, 9.17) is 4.74 Å². The van der Waals surface area contributed by atoms with Crippen molar-refractivity contribution in [3.05, 3.63) is 11.6 Å². The molecule has 24 heavy (non-hydrogen) atoms. The molecule has 0 aliphatic heterocycles. The number of allylic oxidation sites excluding steroid dienone is 1. The molecule has 3 heteroatoms. The molecule has 0 saturated heterocycles. The summed E-state index contributed by atoms with van der Waals surface area (Å²) in [5.74, 6) is 2.32. The van der Waals surface area contributed by atoms with Crippen molar-refractivity contribution < 1.29 is 14.3 Å². The van der Waals surface area contributed by atoms with E-state index in [1.807, 2.05) is 6.08 Å². The fourth-order valence-electron chi connectivity index (χ4n) is 6.91. The van der Waals surface area contributed by atoms with Gasteiger partial charge in [0.15, 0.2) is 5.78 Å². The first kappa shape index (κ1) is 16.4. The summed E-state index contributed by atoms with van der Waals surface area (Å²) in [5, 5.41) is 0. The number of rotatable bonds is 1. The second-order valence-corrected chi connectivity index (χ2v) is 9.19. The Morgan fingerprint density at radius 1 is 1.08 bits per heavy atom. The Hall–Kier alpha value is -1.12. The molecule has 132 valence electrons. The Bertz CT molecular complexity index is 606. The summed E-state index contributed by atoms with van der Waals surface area (Å²) in [6.45, 7) is 6.33. The van der Waals surface area contributed by atoms with Crippen molar-refractivity contribution in [1.82, 2.24) is 0 Å². The third kappa shape index (κ3) is 2.23. The standard InChI is InChI=1S/C21H30O3/c1-13(22)24-19-7-6-17-16-5-4-14-12-15(23)8-10-20(14,2)18(16)9-11-21(17,19)3/h12,16-19H,4-11H2,1-3H3/t16-,17-,18-,19+,20+,21-/m1/s1. The van der Waals surface area contributed by atoms with Crippen molar-refractivity contribution in [2.75, 3.05) is 0 Å². The molecular weight excluding hydrogens is 300 g/mol. The van der Waals surface area contributed by atoms with Crippen LogP contribution in [0, 0.1) is 28.6 Å². The molecule has 0 spiro atoms. The number of carbonyl (C=O) groups excluding carboxylic acids is 2. The Morgan fingerprint density at radius 2 is 1.88 bits per heavy atom. The predicted octanol–water partition coefficient (Wildman–Crippen LogP) is 4.45. The van der Waals surface area contributed by atoms with Crippen LogP contribution in [-0.4, -0.2) is 17.9 Å². The van der Waals surface area contributed by atoms with E-state index >= 15 is 0 Å². The van der Waals surface area contributed by atoms with Crippen LogP contribution in [0.4, 0.5) is 0 Å². The maximum atomic E-state index is 11.9. The summed E-state index contributed by atoms with van der Waals surface area (Å²) in [6.07, 6.45) is 10.8. The monoisotopic (exact) mass is 330 g/mol. The molecule has 0 aromatic rings. The molecule has 0 unspecified atom stereocenters. The molecular formula is C21H30O3. The first-order chi connectivity index (χ1) is 11.3. The zero-order valence-corrected chi connectivity index (χ0v) is 15.3. The van der Waals surface area contributed by atoms with Crippen molar-refractivity contribution in [1.29, 1.82) is 0 Å². The van der Waals surface area contributed by atoms with Crippen LogP contribution in [0.1, 0.15) is 72.1 Å². The van der Waals surface area contributed by atoms with Crippen molar-refractivity contribution in [3.63, 3.8) is 0 Å². The third-order valence-corrected chi connectivity index (χ3v) is 8.18. The van der Waals surface area contributed by atoms with Gasteiger partial charge in [0.1, 0.15) is 6.10 Å². The molecule has 4 aliphatic carbocycles. The van der Waals surface area contributed by atoms with Gasteiger partial charge in [-0.25, -0.2) is 0 Å². The van der Waals surface area contributed by atoms with Gasteiger partial charge in [0.25, 0.3) is 0 Å². The summed E-state index contributed by atoms with van der Waals surface area (Å²) in [6, 6.07) is 0. The molecule has 0 bridgehead atoms. The summed E-state index contributed by atoms with van der Waals surface area (Å²) < 4.78 is 5.71. The van der Waals surface area contributed by atoms with Crippen LogP contribution in [0.25, 0.3) is 0 Å². The van der Waals surface area contributed by atoms with Gasteiger partial charge in [0.2, 0.25) is 0 Å². The van der Waals surface area contributed by atoms with Gasteiger partial charge in [0.05, 0.1) is 0 Å². The molecule has 3 saturated carbocycles. The Labute approximate surface area is 145 Å². The van der Waals surface area contributed by atoms with E-state index in [-0.39, 0.29) is 22.9 Å². The lowest BCUT2D eigenvalue weighted by atomic mass is 9.47. The number of esters is 1. The van der Waals surface area contributed by atoms with Crippen molar-refractivity contribution in [3.8, 4) is 0 Å². The van der Waals surface area contributed by atoms with Crippen molar-refractivity contribution in [2.24, 2.45) is 28.6 Å². The van der Waals surface area contributed by atoms with E-state index in [9.17, 15) is 9.59 Å². The van der Waals surface area contributed by atoms with Crippen LogP contribution in [-0.2, 0) is 14.3 Å². The van der Waals surface area contributed by atoms with Gasteiger partial charge in [-0.3, -0.25) is 9.59 Å². The number of ether oxygens (including phenoxy) is 1. The smallest absolute Gasteiger partial charge is 0.302 e. The Morgan fingerprint density at radius 3 is 2.62 bits per heavy atom. The van der Waals surface area contributed by atoms with Gasteiger partial charge in [0, 0.05) is 18.8 Å². The van der Waals surface area contributed by atoms with Crippen LogP contribution >= 0.6 is 0 Å². The third-order valence-electron chi connectivity index (χ3n) is 8.18. The molecule has 4 rings (SSSR count). The second-order valence-electron chi connectivity index (χ2n) is 9.19. The minimum absolute atomic E-state index is 0.110. The predicted molar refractivity (Wildman–Crippen MR) is 92.3 cm³/mol. The Kier molecular flexibility index (Phi) is 3.71. The highest BCUT2D eigenvalue weighted by molar-refractivity contribution is 5.91. The second kappa shape index (κ2) is 5.44. The normalized spacial score (nSPS) is 47.3. The van der Waals surface area contributed by atoms with E-state index < -0.39 is 0 Å². The first-order valence-corrected chi connectivity index (χ1v) is 9.76. The zero-order valence-electron chi connectivity index (χ0n) is 15.3. The quantitative estimate of drug-likeness (QED) is 0.667. The summed E-state index contributed by atoms with van der Waals surface area (Å²) in [4.78, 5) is 23.4. The molecule has 3 fully saturated rings. The summed E-state index contributed by atoms with van der Waals surface area (Å²) in [5.41, 5.74) is 1.82. The van der Waals surface area contributed by atoms with E-state index in [1.165, 1.54) is 24.8 Å². The lowest BCUT2D eigenvalue weighted by molar-refractivity contribution is -0.157. The molecule has 6 atom stereocenters. The first-order valence-electron chi connectivity index (χ1n) is 9.76. The van der Waals surface area contributed by atoms with Gasteiger partial charge >= 0.3 is 5.97 Å². The van der Waals surface area contributed by atoms with Gasteiger partial charge in [-0.05, 0) is 74.2 Å². The number of carbonyl (C=O) groups is 2. The number of ketones is 1. The lowest BCUT2D eigenvalue weighted by Crippen LogP contribution is -2.51. The molecule has 3 nitrogen and oxygen atoms in total. The average molecular weight is 330 g/mol. The van der Waals surface area contributed by atoms with Gasteiger partial charge in [-0.15, -0.1) is 0 Å². The highest BCUT2D eigenvalue weighted by Crippen LogP contribution is 2.65. The summed E-state index contributed by atoms with van der Waals surface area (Å²) >= 11 is 0. The Balaban J connectivity index is 1.62. The molecule has 0 heterocycles. The zero-order chi connectivity index (χ0) is 17.1. The van der Waals surface area contributed by atoms with Crippen LogP contribution < -0.4 is 0 Å². The SMILES string of the molecule is CC(=O)O[C@H]1CC[C@@H]2[C@H]3CCC4=CC(=O)CC[C@]4(C)[C@@H]3CC[C@@]12C. The van der Waals surface area contributed by atoms with E-state index in [1.54, 1.807) is 6.92 Å². The highest BCUT2D eigenvalue weighted by Gasteiger charge is 2.59. The number of hydrogen-bond acceptors (Lipinski definition) is 3. The number of hydrogen-bond donors (Lipinski definition) is 0.